The lowest BCUT2D eigenvalue weighted by Gasteiger charge is -2.27. The van der Waals surface area contributed by atoms with Crippen molar-refractivity contribution in [3.8, 4) is 16.9 Å². The van der Waals surface area contributed by atoms with E-state index in [2.05, 4.69) is 0 Å². The van der Waals surface area contributed by atoms with Gasteiger partial charge in [0.2, 0.25) is 6.10 Å². The van der Waals surface area contributed by atoms with Gasteiger partial charge >= 0.3 is 5.97 Å². The van der Waals surface area contributed by atoms with Gasteiger partial charge in [0.15, 0.2) is 0 Å². The summed E-state index contributed by atoms with van der Waals surface area (Å²) < 4.78 is 24.6. The number of benzene rings is 2. The topological polar surface area (TPSA) is 38.8 Å². The van der Waals surface area contributed by atoms with E-state index < -0.39 is 12.1 Å². The Morgan fingerprint density at radius 2 is 2.00 bits per heavy atom. The van der Waals surface area contributed by atoms with Crippen molar-refractivity contribution in [2.45, 2.75) is 6.10 Å². The van der Waals surface area contributed by atoms with E-state index >= 15 is 0 Å². The second-order valence-corrected chi connectivity index (χ2v) is 5.70. The van der Waals surface area contributed by atoms with Crippen LogP contribution < -0.4 is 4.74 Å². The van der Waals surface area contributed by atoms with Crippen LogP contribution in [0.4, 0.5) is 4.39 Å². The summed E-state index contributed by atoms with van der Waals surface area (Å²) in [6.07, 6.45) is -0.827. The summed E-state index contributed by atoms with van der Waals surface area (Å²) in [6, 6.07) is 11.6. The van der Waals surface area contributed by atoms with Crippen molar-refractivity contribution in [1.82, 2.24) is 4.90 Å². The van der Waals surface area contributed by atoms with E-state index in [9.17, 15) is 9.18 Å². The van der Waals surface area contributed by atoms with Gasteiger partial charge in [0.1, 0.15) is 18.2 Å². The van der Waals surface area contributed by atoms with Gasteiger partial charge in [0.05, 0.1) is 0 Å². The summed E-state index contributed by atoms with van der Waals surface area (Å²) >= 11 is 0. The molecule has 23 heavy (non-hydrogen) atoms. The molecule has 1 unspecified atom stereocenters. The van der Waals surface area contributed by atoms with Gasteiger partial charge in [-0.2, -0.15) is 0 Å². The van der Waals surface area contributed by atoms with Crippen LogP contribution in [-0.2, 0) is 9.53 Å². The molecule has 2 aromatic rings. The van der Waals surface area contributed by atoms with Crippen LogP contribution in [0.3, 0.4) is 0 Å². The number of halogens is 1. The van der Waals surface area contributed by atoms with Crippen molar-refractivity contribution in [2.24, 2.45) is 0 Å². The molecule has 5 heteroatoms. The van der Waals surface area contributed by atoms with E-state index in [4.69, 9.17) is 9.47 Å². The quantitative estimate of drug-likeness (QED) is 0.813. The highest BCUT2D eigenvalue weighted by atomic mass is 19.1. The maximum atomic E-state index is 13.5. The molecule has 1 aliphatic rings. The van der Waals surface area contributed by atoms with E-state index in [1.54, 1.807) is 12.1 Å². The normalized spacial score (nSPS) is 15.6. The van der Waals surface area contributed by atoms with E-state index in [1.165, 1.54) is 12.1 Å². The number of carbonyl (C=O) groups is 1. The van der Waals surface area contributed by atoms with Crippen LogP contribution in [-0.4, -0.2) is 38.1 Å². The van der Waals surface area contributed by atoms with Gasteiger partial charge in [-0.3, -0.25) is 0 Å². The zero-order valence-corrected chi connectivity index (χ0v) is 13.1. The predicted molar refractivity (Wildman–Crippen MR) is 84.7 cm³/mol. The molecule has 120 valence electrons. The summed E-state index contributed by atoms with van der Waals surface area (Å²) in [5.41, 5.74) is 2.14. The monoisotopic (exact) mass is 315 g/mol. The van der Waals surface area contributed by atoms with Crippen LogP contribution in [0.5, 0.6) is 5.75 Å². The van der Waals surface area contributed by atoms with Crippen LogP contribution in [0.2, 0.25) is 0 Å². The number of ether oxygens (including phenoxy) is 2. The lowest BCUT2D eigenvalue weighted by Crippen LogP contribution is -2.27. The molecule has 0 amide bonds. The van der Waals surface area contributed by atoms with Crippen molar-refractivity contribution >= 4 is 5.97 Å². The molecular formula is C18H18FNO3. The number of nitrogens with zero attached hydrogens (tertiary/aromatic N) is 1. The van der Waals surface area contributed by atoms with Gasteiger partial charge in [-0.15, -0.1) is 0 Å². The Labute approximate surface area is 134 Å². The minimum atomic E-state index is -0.827. The molecular weight excluding hydrogens is 297 g/mol. The Bertz CT molecular complexity index is 730. The molecule has 0 N–H and O–H groups in total. The summed E-state index contributed by atoms with van der Waals surface area (Å²) in [5.74, 6) is -0.289. The molecule has 1 aliphatic heterocycles. The van der Waals surface area contributed by atoms with Crippen molar-refractivity contribution in [1.29, 1.82) is 0 Å². The number of fused-ring (bicyclic) bond motifs is 3. The van der Waals surface area contributed by atoms with Gasteiger partial charge in [-0.05, 0) is 37.9 Å². The highest BCUT2D eigenvalue weighted by Crippen LogP contribution is 2.42. The van der Waals surface area contributed by atoms with E-state index in [1.807, 2.05) is 37.2 Å². The van der Waals surface area contributed by atoms with Gasteiger partial charge in [-0.1, -0.05) is 24.3 Å². The number of rotatable bonds is 4. The number of esters is 1. The SMILES string of the molecule is CN(C)CCOC(=O)C1Oc2ccc(F)cc2-c2ccccc21. The molecule has 0 saturated heterocycles. The van der Waals surface area contributed by atoms with E-state index in [0.717, 1.165) is 5.56 Å². The Morgan fingerprint density at radius 3 is 2.78 bits per heavy atom. The standard InChI is InChI=1S/C18H18FNO3/c1-20(2)9-10-22-18(21)17-14-6-4-3-5-13(14)15-11-12(19)7-8-16(15)23-17/h3-8,11,17H,9-10H2,1-2H3. The predicted octanol–water partition coefficient (Wildman–Crippen LogP) is 3.03. The summed E-state index contributed by atoms with van der Waals surface area (Å²) in [4.78, 5) is 14.3. The zero-order chi connectivity index (χ0) is 16.4. The molecule has 1 atom stereocenters. The van der Waals surface area contributed by atoms with Crippen LogP contribution in [0, 0.1) is 5.82 Å². The molecule has 0 saturated carbocycles. The molecule has 4 nitrogen and oxygen atoms in total. The molecule has 0 aromatic heterocycles. The minimum Gasteiger partial charge on any atom is -0.473 e. The molecule has 0 aliphatic carbocycles. The first-order valence-electron chi connectivity index (χ1n) is 7.43. The van der Waals surface area contributed by atoms with Gasteiger partial charge in [0.25, 0.3) is 0 Å². The van der Waals surface area contributed by atoms with Gasteiger partial charge in [-0.25, -0.2) is 9.18 Å². The first-order valence-corrected chi connectivity index (χ1v) is 7.43. The molecule has 1 heterocycles. The Hall–Kier alpha value is -2.40. The molecule has 0 bridgehead atoms. The third-order valence-electron chi connectivity index (χ3n) is 3.72. The van der Waals surface area contributed by atoms with Crippen molar-refractivity contribution < 1.29 is 18.7 Å². The minimum absolute atomic E-state index is 0.296. The fourth-order valence-electron chi connectivity index (χ4n) is 2.56. The first-order chi connectivity index (χ1) is 11.1. The van der Waals surface area contributed by atoms with E-state index in [0.29, 0.717) is 30.0 Å². The Morgan fingerprint density at radius 1 is 1.22 bits per heavy atom. The summed E-state index contributed by atoms with van der Waals surface area (Å²) in [7, 11) is 3.82. The highest BCUT2D eigenvalue weighted by molar-refractivity contribution is 5.85. The largest absolute Gasteiger partial charge is 0.473 e. The fraction of sp³-hybridized carbons (Fsp3) is 0.278. The Balaban J connectivity index is 1.89. The highest BCUT2D eigenvalue weighted by Gasteiger charge is 2.32. The van der Waals surface area contributed by atoms with Crippen LogP contribution in [0.15, 0.2) is 42.5 Å². The van der Waals surface area contributed by atoms with Crippen molar-refractivity contribution in [3.63, 3.8) is 0 Å². The van der Waals surface area contributed by atoms with Crippen molar-refractivity contribution in [2.75, 3.05) is 27.2 Å². The van der Waals surface area contributed by atoms with Gasteiger partial charge < -0.3 is 14.4 Å². The molecule has 0 spiro atoms. The third-order valence-corrected chi connectivity index (χ3v) is 3.72. The second kappa shape index (κ2) is 6.38. The van der Waals surface area contributed by atoms with Crippen LogP contribution in [0.25, 0.3) is 11.1 Å². The maximum absolute atomic E-state index is 13.5. The van der Waals surface area contributed by atoms with Crippen molar-refractivity contribution in [3.05, 3.63) is 53.8 Å². The maximum Gasteiger partial charge on any atom is 0.352 e. The van der Waals surface area contributed by atoms with Gasteiger partial charge in [0, 0.05) is 17.7 Å². The summed E-state index contributed by atoms with van der Waals surface area (Å²) in [6.45, 7) is 0.937. The number of hydrogen-bond donors (Lipinski definition) is 0. The zero-order valence-electron chi connectivity index (χ0n) is 13.1. The average molecular weight is 315 g/mol. The molecule has 3 rings (SSSR count). The summed E-state index contributed by atoms with van der Waals surface area (Å²) in [5, 5.41) is 0. The molecule has 2 aromatic carbocycles. The van der Waals surface area contributed by atoms with Crippen LogP contribution in [0.1, 0.15) is 11.7 Å². The number of hydrogen-bond acceptors (Lipinski definition) is 4. The second-order valence-electron chi connectivity index (χ2n) is 5.70. The molecule has 0 fully saturated rings. The van der Waals surface area contributed by atoms with E-state index in [-0.39, 0.29) is 5.82 Å². The Kier molecular flexibility index (Phi) is 4.30. The lowest BCUT2D eigenvalue weighted by atomic mass is 9.93. The third kappa shape index (κ3) is 3.19. The average Bonchev–Trinajstić information content (AvgIpc) is 2.53. The van der Waals surface area contributed by atoms with Crippen LogP contribution >= 0.6 is 0 Å². The number of likely N-dealkylation sites (N-methyl/N-ethyl adjacent to an activating group) is 1. The number of carbonyl (C=O) groups excluding carboxylic acids is 1. The fourth-order valence-corrected chi connectivity index (χ4v) is 2.56. The lowest BCUT2D eigenvalue weighted by molar-refractivity contribution is -0.152. The molecule has 0 radical (unpaired) electrons. The smallest absolute Gasteiger partial charge is 0.352 e. The first kappa shape index (κ1) is 15.5.